The van der Waals surface area contributed by atoms with Crippen molar-refractivity contribution in [3.63, 3.8) is 0 Å². The lowest BCUT2D eigenvalue weighted by molar-refractivity contribution is -0.116. The number of imidazole rings is 1. The molecule has 1 heterocycles. The van der Waals surface area contributed by atoms with Crippen LogP contribution < -0.4 is 10.6 Å². The fraction of sp³-hybridized carbons (Fsp3) is 0.125. The number of halogens is 2. The van der Waals surface area contributed by atoms with Crippen molar-refractivity contribution in [2.75, 3.05) is 5.32 Å². The van der Waals surface area contributed by atoms with E-state index in [-0.39, 0.29) is 24.2 Å². The van der Waals surface area contributed by atoms with Crippen LogP contribution in [0.15, 0.2) is 72.8 Å². The predicted molar refractivity (Wildman–Crippen MR) is 122 cm³/mol. The number of rotatable bonds is 6. The van der Waals surface area contributed by atoms with Gasteiger partial charge in [0.05, 0.1) is 17.1 Å². The molecule has 2 N–H and O–H groups in total. The van der Waals surface area contributed by atoms with Crippen LogP contribution in [0.4, 0.5) is 10.1 Å². The van der Waals surface area contributed by atoms with Gasteiger partial charge in [0.15, 0.2) is 0 Å². The number of carbonyl (C=O) groups excluding carboxylic acids is 2. The van der Waals surface area contributed by atoms with E-state index >= 15 is 0 Å². The lowest BCUT2D eigenvalue weighted by Crippen LogP contribution is -2.30. The predicted octanol–water partition coefficient (Wildman–Crippen LogP) is 4.96. The number of nitrogens with zero attached hydrogens (tertiary/aromatic N) is 2. The Morgan fingerprint density at radius 2 is 1.72 bits per heavy atom. The van der Waals surface area contributed by atoms with Gasteiger partial charge in [-0.15, -0.1) is 0 Å². The Kier molecular flexibility index (Phi) is 6.18. The van der Waals surface area contributed by atoms with E-state index in [1.54, 1.807) is 28.8 Å². The van der Waals surface area contributed by atoms with Crippen molar-refractivity contribution in [1.82, 2.24) is 14.9 Å². The number of fused-ring (bicyclic) bond motifs is 1. The van der Waals surface area contributed by atoms with E-state index in [4.69, 9.17) is 11.6 Å². The van der Waals surface area contributed by atoms with Gasteiger partial charge in [0.25, 0.3) is 5.91 Å². The zero-order valence-corrected chi connectivity index (χ0v) is 17.9. The Morgan fingerprint density at radius 3 is 2.44 bits per heavy atom. The number of aromatic nitrogens is 2. The van der Waals surface area contributed by atoms with Crippen molar-refractivity contribution in [2.45, 2.75) is 19.5 Å². The number of anilines is 1. The lowest BCUT2D eigenvalue weighted by atomic mass is 10.2. The van der Waals surface area contributed by atoms with Gasteiger partial charge in [0, 0.05) is 16.3 Å². The molecule has 1 atom stereocenters. The van der Waals surface area contributed by atoms with Crippen LogP contribution in [0.25, 0.3) is 11.0 Å². The molecule has 3 aromatic carbocycles. The van der Waals surface area contributed by atoms with Crippen molar-refractivity contribution in [3.8, 4) is 0 Å². The Balaban J connectivity index is 1.57. The number of nitrogens with one attached hydrogen (secondary N) is 2. The monoisotopic (exact) mass is 450 g/mol. The van der Waals surface area contributed by atoms with Gasteiger partial charge in [-0.25, -0.2) is 9.37 Å². The Bertz CT molecular complexity index is 1270. The second-order valence-electron chi connectivity index (χ2n) is 7.30. The topological polar surface area (TPSA) is 76.0 Å². The Labute approximate surface area is 189 Å². The van der Waals surface area contributed by atoms with E-state index in [1.807, 2.05) is 31.2 Å². The third-order valence-corrected chi connectivity index (χ3v) is 5.21. The highest BCUT2D eigenvalue weighted by Gasteiger charge is 2.20. The van der Waals surface area contributed by atoms with Gasteiger partial charge in [0.1, 0.15) is 18.2 Å². The Morgan fingerprint density at radius 1 is 1.03 bits per heavy atom. The number of hydrogen-bond acceptors (Lipinski definition) is 3. The van der Waals surface area contributed by atoms with E-state index in [9.17, 15) is 14.0 Å². The van der Waals surface area contributed by atoms with Crippen molar-refractivity contribution < 1.29 is 14.0 Å². The van der Waals surface area contributed by atoms with Gasteiger partial charge < -0.3 is 15.2 Å². The molecule has 1 unspecified atom stereocenters. The van der Waals surface area contributed by atoms with Crippen LogP contribution in [0.2, 0.25) is 5.02 Å². The smallest absolute Gasteiger partial charge is 0.251 e. The fourth-order valence-electron chi connectivity index (χ4n) is 3.41. The number of benzene rings is 3. The highest BCUT2D eigenvalue weighted by atomic mass is 35.5. The molecule has 0 aliphatic carbocycles. The summed E-state index contributed by atoms with van der Waals surface area (Å²) in [7, 11) is 0. The average Bonchev–Trinajstić information content (AvgIpc) is 3.14. The summed E-state index contributed by atoms with van der Waals surface area (Å²) in [6, 6.07) is 19.1. The van der Waals surface area contributed by atoms with Crippen LogP contribution in [-0.4, -0.2) is 21.4 Å². The molecule has 0 fully saturated rings. The number of para-hydroxylation sites is 2. The van der Waals surface area contributed by atoms with Crippen molar-refractivity contribution in [3.05, 3.63) is 95.0 Å². The molecule has 0 radical (unpaired) electrons. The van der Waals surface area contributed by atoms with E-state index in [2.05, 4.69) is 15.6 Å². The van der Waals surface area contributed by atoms with Crippen LogP contribution in [0.3, 0.4) is 0 Å². The van der Waals surface area contributed by atoms with Gasteiger partial charge in [0.2, 0.25) is 5.91 Å². The van der Waals surface area contributed by atoms with E-state index in [0.29, 0.717) is 27.6 Å². The molecule has 0 spiro atoms. The molecule has 4 rings (SSSR count). The van der Waals surface area contributed by atoms with Gasteiger partial charge in [-0.2, -0.15) is 0 Å². The molecule has 4 aromatic rings. The molecule has 0 saturated carbocycles. The summed E-state index contributed by atoms with van der Waals surface area (Å²) < 4.78 is 14.9. The van der Waals surface area contributed by atoms with E-state index in [1.165, 1.54) is 24.3 Å². The molecule has 162 valence electrons. The molecule has 2 amide bonds. The molecular formula is C24H20ClFN4O2. The van der Waals surface area contributed by atoms with Crippen LogP contribution in [0, 0.1) is 5.82 Å². The van der Waals surface area contributed by atoms with Gasteiger partial charge in [-0.3, -0.25) is 9.59 Å². The molecular weight excluding hydrogens is 431 g/mol. The Hall–Kier alpha value is -3.71. The zero-order chi connectivity index (χ0) is 22.7. The zero-order valence-electron chi connectivity index (χ0n) is 17.2. The molecule has 0 bridgehead atoms. The first-order chi connectivity index (χ1) is 15.4. The summed E-state index contributed by atoms with van der Waals surface area (Å²) in [5, 5.41) is 6.22. The summed E-state index contributed by atoms with van der Waals surface area (Å²) in [5.41, 5.74) is 2.44. The average molecular weight is 451 g/mol. The minimum Gasteiger partial charge on any atom is -0.342 e. The lowest BCUT2D eigenvalue weighted by Gasteiger charge is -2.16. The normalized spacial score (nSPS) is 11.8. The second kappa shape index (κ2) is 9.20. The summed E-state index contributed by atoms with van der Waals surface area (Å²) in [6.45, 7) is 1.79. The molecule has 1 aromatic heterocycles. The first-order valence-corrected chi connectivity index (χ1v) is 10.4. The van der Waals surface area contributed by atoms with Crippen molar-refractivity contribution in [2.24, 2.45) is 0 Å². The highest BCUT2D eigenvalue weighted by molar-refractivity contribution is 6.30. The molecule has 32 heavy (non-hydrogen) atoms. The molecule has 0 aliphatic rings. The molecule has 6 nitrogen and oxygen atoms in total. The molecule has 0 aliphatic heterocycles. The van der Waals surface area contributed by atoms with Crippen LogP contribution >= 0.6 is 11.6 Å². The number of carbonyl (C=O) groups is 2. The highest BCUT2D eigenvalue weighted by Crippen LogP contribution is 2.22. The van der Waals surface area contributed by atoms with Crippen LogP contribution in [0.5, 0.6) is 0 Å². The summed E-state index contributed by atoms with van der Waals surface area (Å²) in [6.07, 6.45) is 0. The van der Waals surface area contributed by atoms with Crippen LogP contribution in [0.1, 0.15) is 29.1 Å². The maximum Gasteiger partial charge on any atom is 0.251 e. The maximum absolute atomic E-state index is 13.1. The second-order valence-corrected chi connectivity index (χ2v) is 7.74. The van der Waals surface area contributed by atoms with E-state index < -0.39 is 6.04 Å². The van der Waals surface area contributed by atoms with E-state index in [0.717, 1.165) is 5.52 Å². The minimum absolute atomic E-state index is 0.0195. The first-order valence-electron chi connectivity index (χ1n) is 9.98. The van der Waals surface area contributed by atoms with Crippen LogP contribution in [-0.2, 0) is 11.3 Å². The maximum atomic E-state index is 13.1. The fourth-order valence-corrected chi connectivity index (χ4v) is 3.54. The van der Waals surface area contributed by atoms with Gasteiger partial charge in [-0.05, 0) is 67.6 Å². The van der Waals surface area contributed by atoms with Gasteiger partial charge >= 0.3 is 0 Å². The third kappa shape index (κ3) is 4.78. The summed E-state index contributed by atoms with van der Waals surface area (Å²) >= 11 is 5.90. The first kappa shape index (κ1) is 21.5. The summed E-state index contributed by atoms with van der Waals surface area (Å²) in [5.74, 6) is -0.403. The van der Waals surface area contributed by atoms with Gasteiger partial charge in [-0.1, -0.05) is 23.7 Å². The van der Waals surface area contributed by atoms with Crippen molar-refractivity contribution in [1.29, 1.82) is 0 Å². The minimum atomic E-state index is -0.468. The third-order valence-electron chi connectivity index (χ3n) is 4.96. The SMILES string of the molecule is CC(NC(=O)c1ccc(Cl)cc1)c1nc2ccccc2n1CC(=O)Nc1ccc(F)cc1. The summed E-state index contributed by atoms with van der Waals surface area (Å²) in [4.78, 5) is 30.0. The molecule has 8 heteroatoms. The molecule has 0 saturated heterocycles. The quantitative estimate of drug-likeness (QED) is 0.436. The standard InChI is InChI=1S/C24H20ClFN4O2/c1-15(27-24(32)16-6-8-17(25)9-7-16)23-29-20-4-2-3-5-21(20)30(23)14-22(31)28-19-12-10-18(26)11-13-19/h2-13,15H,14H2,1H3,(H,27,32)(H,28,31). The number of hydrogen-bond donors (Lipinski definition) is 2. The largest absolute Gasteiger partial charge is 0.342 e. The number of amides is 2. The van der Waals surface area contributed by atoms with Crippen molar-refractivity contribution >= 4 is 40.1 Å².